The maximum Gasteiger partial charge on any atom is 0.338 e. The third-order valence-corrected chi connectivity index (χ3v) is 3.04. The van der Waals surface area contributed by atoms with Gasteiger partial charge in [0.15, 0.2) is 0 Å². The second kappa shape index (κ2) is 7.22. The zero-order valence-electron chi connectivity index (χ0n) is 13.1. The molecule has 3 N–H and O–H groups in total. The lowest BCUT2D eigenvalue weighted by atomic mass is 9.87. The molecule has 0 aromatic heterocycles. The Morgan fingerprint density at radius 1 is 1.24 bits per heavy atom. The highest BCUT2D eigenvalue weighted by atomic mass is 16.5. The summed E-state index contributed by atoms with van der Waals surface area (Å²) in [4.78, 5) is 23.6. The van der Waals surface area contributed by atoms with Crippen LogP contribution < -0.4 is 11.1 Å². The molecule has 0 aliphatic carbocycles. The Bertz CT molecular complexity index is 489. The second-order valence-corrected chi connectivity index (χ2v) is 6.05. The average molecular weight is 292 g/mol. The van der Waals surface area contributed by atoms with Crippen LogP contribution in [0.2, 0.25) is 0 Å². The van der Waals surface area contributed by atoms with Crippen LogP contribution in [0.4, 0.5) is 5.69 Å². The van der Waals surface area contributed by atoms with Crippen LogP contribution in [0.25, 0.3) is 0 Å². The summed E-state index contributed by atoms with van der Waals surface area (Å²) < 4.78 is 5.03. The summed E-state index contributed by atoms with van der Waals surface area (Å²) in [6.45, 7) is 8.06. The fraction of sp³-hybridized carbons (Fsp3) is 0.500. The molecule has 0 fully saturated rings. The van der Waals surface area contributed by atoms with Gasteiger partial charge in [-0.1, -0.05) is 27.7 Å². The first-order valence-electron chi connectivity index (χ1n) is 7.09. The number of anilines is 1. The number of carbonyl (C=O) groups is 2. The van der Waals surface area contributed by atoms with E-state index in [1.807, 2.05) is 27.7 Å². The summed E-state index contributed by atoms with van der Waals surface area (Å²) in [5.41, 5.74) is 6.64. The van der Waals surface area contributed by atoms with E-state index < -0.39 is 6.04 Å². The number of esters is 1. The maximum atomic E-state index is 12.0. The standard InChI is InChI=1S/C16H24N2O3/c1-5-10-21-15(20)11-6-8-12(9-7-11)18-14(19)13(17)16(2,3)4/h6-9,13H,5,10,17H2,1-4H3,(H,18,19)/t13-/m1/s1. The van der Waals surface area contributed by atoms with Crippen molar-refractivity contribution in [2.45, 2.75) is 40.2 Å². The molecule has 21 heavy (non-hydrogen) atoms. The van der Waals surface area contributed by atoms with Crippen LogP contribution in [0.1, 0.15) is 44.5 Å². The molecule has 1 aromatic carbocycles. The second-order valence-electron chi connectivity index (χ2n) is 6.05. The van der Waals surface area contributed by atoms with Crippen molar-refractivity contribution in [1.29, 1.82) is 0 Å². The van der Waals surface area contributed by atoms with Crippen LogP contribution in [-0.2, 0) is 9.53 Å². The van der Waals surface area contributed by atoms with Crippen LogP contribution >= 0.6 is 0 Å². The molecule has 0 aliphatic rings. The smallest absolute Gasteiger partial charge is 0.338 e. The fourth-order valence-corrected chi connectivity index (χ4v) is 1.58. The zero-order chi connectivity index (χ0) is 16.0. The molecule has 116 valence electrons. The lowest BCUT2D eigenvalue weighted by Crippen LogP contribution is -2.45. The molecule has 0 aliphatic heterocycles. The molecular formula is C16H24N2O3. The Hall–Kier alpha value is -1.88. The first kappa shape index (κ1) is 17.2. The highest BCUT2D eigenvalue weighted by Crippen LogP contribution is 2.19. The van der Waals surface area contributed by atoms with Gasteiger partial charge in [0.2, 0.25) is 5.91 Å². The van der Waals surface area contributed by atoms with Gasteiger partial charge in [0.25, 0.3) is 0 Å². The molecule has 0 radical (unpaired) electrons. The zero-order valence-corrected chi connectivity index (χ0v) is 13.1. The van der Waals surface area contributed by atoms with Crippen molar-refractivity contribution >= 4 is 17.6 Å². The first-order valence-corrected chi connectivity index (χ1v) is 7.09. The molecule has 1 atom stereocenters. The highest BCUT2D eigenvalue weighted by Gasteiger charge is 2.27. The highest BCUT2D eigenvalue weighted by molar-refractivity contribution is 5.96. The summed E-state index contributed by atoms with van der Waals surface area (Å²) in [6.07, 6.45) is 0.782. The van der Waals surface area contributed by atoms with E-state index in [1.54, 1.807) is 24.3 Å². The quantitative estimate of drug-likeness (QED) is 0.817. The molecule has 0 spiro atoms. The van der Waals surface area contributed by atoms with Crippen molar-refractivity contribution in [2.75, 3.05) is 11.9 Å². The van der Waals surface area contributed by atoms with Gasteiger partial charge in [-0.05, 0) is 36.1 Å². The number of nitrogens with two attached hydrogens (primary N) is 1. The lowest BCUT2D eigenvalue weighted by molar-refractivity contribution is -0.119. The van der Waals surface area contributed by atoms with Crippen LogP contribution in [0.15, 0.2) is 24.3 Å². The Labute approximate surface area is 125 Å². The molecular weight excluding hydrogens is 268 g/mol. The van der Waals surface area contributed by atoms with Gasteiger partial charge in [-0.2, -0.15) is 0 Å². The van der Waals surface area contributed by atoms with Gasteiger partial charge in [0.1, 0.15) is 0 Å². The monoisotopic (exact) mass is 292 g/mol. The lowest BCUT2D eigenvalue weighted by Gasteiger charge is -2.25. The predicted molar refractivity (Wildman–Crippen MR) is 83.1 cm³/mol. The number of benzene rings is 1. The largest absolute Gasteiger partial charge is 0.462 e. The Kier molecular flexibility index (Phi) is 5.90. The number of nitrogens with one attached hydrogen (secondary N) is 1. The van der Waals surface area contributed by atoms with Crippen molar-refractivity contribution in [1.82, 2.24) is 0 Å². The number of hydrogen-bond acceptors (Lipinski definition) is 4. The topological polar surface area (TPSA) is 81.4 Å². The average Bonchev–Trinajstić information content (AvgIpc) is 2.43. The van der Waals surface area contributed by atoms with E-state index in [4.69, 9.17) is 10.5 Å². The van der Waals surface area contributed by atoms with Gasteiger partial charge >= 0.3 is 5.97 Å². The van der Waals surface area contributed by atoms with Crippen molar-refractivity contribution < 1.29 is 14.3 Å². The molecule has 0 unspecified atom stereocenters. The summed E-state index contributed by atoms with van der Waals surface area (Å²) in [6, 6.07) is 5.96. The van der Waals surface area contributed by atoms with E-state index in [1.165, 1.54) is 0 Å². The van der Waals surface area contributed by atoms with E-state index >= 15 is 0 Å². The molecule has 0 saturated heterocycles. The molecule has 5 nitrogen and oxygen atoms in total. The summed E-state index contributed by atoms with van der Waals surface area (Å²) >= 11 is 0. The number of ether oxygens (including phenoxy) is 1. The van der Waals surface area contributed by atoms with Crippen LogP contribution in [0, 0.1) is 5.41 Å². The van der Waals surface area contributed by atoms with Gasteiger partial charge in [0, 0.05) is 5.69 Å². The Balaban J connectivity index is 2.67. The van der Waals surface area contributed by atoms with Crippen molar-refractivity contribution in [3.8, 4) is 0 Å². The minimum absolute atomic E-state index is 0.246. The fourth-order valence-electron chi connectivity index (χ4n) is 1.58. The van der Waals surface area contributed by atoms with Crippen LogP contribution in [-0.4, -0.2) is 24.5 Å². The maximum absolute atomic E-state index is 12.0. The number of rotatable bonds is 5. The Morgan fingerprint density at radius 2 is 1.81 bits per heavy atom. The van der Waals surface area contributed by atoms with Crippen molar-refractivity contribution in [3.63, 3.8) is 0 Å². The number of hydrogen-bond donors (Lipinski definition) is 2. The normalized spacial score (nSPS) is 12.6. The third kappa shape index (κ3) is 5.19. The Morgan fingerprint density at radius 3 is 2.29 bits per heavy atom. The SMILES string of the molecule is CCCOC(=O)c1ccc(NC(=O)[C@@H](N)C(C)(C)C)cc1. The van der Waals surface area contributed by atoms with E-state index in [-0.39, 0.29) is 17.3 Å². The van der Waals surface area contributed by atoms with E-state index in [0.29, 0.717) is 17.9 Å². The molecule has 1 amide bonds. The van der Waals surface area contributed by atoms with Crippen molar-refractivity contribution in [2.24, 2.45) is 11.1 Å². The summed E-state index contributed by atoms with van der Waals surface area (Å²) in [7, 11) is 0. The molecule has 1 rings (SSSR count). The summed E-state index contributed by atoms with van der Waals surface area (Å²) in [5.74, 6) is -0.607. The molecule has 0 heterocycles. The van der Waals surface area contributed by atoms with Gasteiger partial charge in [-0.3, -0.25) is 4.79 Å². The van der Waals surface area contributed by atoms with Crippen LogP contribution in [0.5, 0.6) is 0 Å². The minimum atomic E-state index is -0.605. The summed E-state index contributed by atoms with van der Waals surface area (Å²) in [5, 5.41) is 2.74. The van der Waals surface area contributed by atoms with Gasteiger partial charge in [-0.25, -0.2) is 4.79 Å². The molecule has 5 heteroatoms. The van der Waals surface area contributed by atoms with Crippen molar-refractivity contribution in [3.05, 3.63) is 29.8 Å². The first-order chi connectivity index (χ1) is 9.75. The molecule has 0 saturated carbocycles. The van der Waals surface area contributed by atoms with Gasteiger partial charge in [-0.15, -0.1) is 0 Å². The van der Waals surface area contributed by atoms with Gasteiger partial charge in [0.05, 0.1) is 18.2 Å². The molecule has 1 aromatic rings. The molecule has 0 bridgehead atoms. The van der Waals surface area contributed by atoms with Crippen LogP contribution in [0.3, 0.4) is 0 Å². The minimum Gasteiger partial charge on any atom is -0.462 e. The number of carbonyl (C=O) groups excluding carboxylic acids is 2. The third-order valence-electron chi connectivity index (χ3n) is 3.04. The van der Waals surface area contributed by atoms with E-state index in [9.17, 15) is 9.59 Å². The van der Waals surface area contributed by atoms with E-state index in [0.717, 1.165) is 6.42 Å². The van der Waals surface area contributed by atoms with E-state index in [2.05, 4.69) is 5.32 Å². The van der Waals surface area contributed by atoms with Gasteiger partial charge < -0.3 is 15.8 Å². The predicted octanol–water partition coefficient (Wildman–Crippen LogP) is 2.57. The number of amides is 1.